The molecule has 1 aliphatic rings. The molecule has 9 heteroatoms. The summed E-state index contributed by atoms with van der Waals surface area (Å²) in [7, 11) is -3.68. The minimum Gasteiger partial charge on any atom is -0.361 e. The molecule has 1 aliphatic heterocycles. The maximum Gasteiger partial charge on any atom is 0.245 e. The van der Waals surface area contributed by atoms with Gasteiger partial charge < -0.3 is 4.52 Å². The fourth-order valence-corrected chi connectivity index (χ4v) is 5.71. The van der Waals surface area contributed by atoms with Crippen LogP contribution in [0.1, 0.15) is 43.7 Å². The van der Waals surface area contributed by atoms with E-state index < -0.39 is 10.0 Å². The van der Waals surface area contributed by atoms with Crippen LogP contribution < -0.4 is 0 Å². The van der Waals surface area contributed by atoms with Crippen LogP contribution in [0, 0.1) is 0 Å². The van der Waals surface area contributed by atoms with Crippen LogP contribution in [0.3, 0.4) is 0 Å². The molecule has 0 aliphatic carbocycles. The van der Waals surface area contributed by atoms with Crippen LogP contribution in [0.4, 0.5) is 0 Å². The summed E-state index contributed by atoms with van der Waals surface area (Å²) in [6.07, 6.45) is 3.30. The summed E-state index contributed by atoms with van der Waals surface area (Å²) in [5.74, 6) is 0.799. The second-order valence-corrected chi connectivity index (χ2v) is 8.52. The Hall–Kier alpha value is -1.84. The molecule has 25 heavy (non-hydrogen) atoms. The molecule has 0 spiro atoms. The van der Waals surface area contributed by atoms with E-state index in [0.717, 1.165) is 43.2 Å². The molecule has 0 N–H and O–H groups in total. The van der Waals surface area contributed by atoms with Crippen LogP contribution >= 0.6 is 11.7 Å². The van der Waals surface area contributed by atoms with Crippen molar-refractivity contribution in [3.05, 3.63) is 35.7 Å². The molecule has 132 valence electrons. The van der Waals surface area contributed by atoms with E-state index in [4.69, 9.17) is 4.52 Å². The number of fused-ring (bicyclic) bond motifs is 1. The van der Waals surface area contributed by atoms with Crippen molar-refractivity contribution in [1.29, 1.82) is 0 Å². The third kappa shape index (κ3) is 2.86. The zero-order valence-corrected chi connectivity index (χ0v) is 15.4. The Morgan fingerprint density at radius 2 is 2.24 bits per heavy atom. The average molecular weight is 378 g/mol. The van der Waals surface area contributed by atoms with Crippen molar-refractivity contribution in [2.24, 2.45) is 0 Å². The first-order valence-electron chi connectivity index (χ1n) is 8.30. The first-order valence-corrected chi connectivity index (χ1v) is 10.5. The Kier molecular flexibility index (Phi) is 4.30. The maximum atomic E-state index is 13.3. The largest absolute Gasteiger partial charge is 0.361 e. The van der Waals surface area contributed by atoms with Gasteiger partial charge in [0.1, 0.15) is 27.4 Å². The highest BCUT2D eigenvalue weighted by Crippen LogP contribution is 2.37. The highest BCUT2D eigenvalue weighted by Gasteiger charge is 2.39. The topological polar surface area (TPSA) is 89.2 Å². The summed E-state index contributed by atoms with van der Waals surface area (Å²) < 4.78 is 41.7. The molecule has 3 aromatic rings. The Morgan fingerprint density at radius 3 is 3.08 bits per heavy atom. The Balaban J connectivity index is 1.72. The summed E-state index contributed by atoms with van der Waals surface area (Å²) in [4.78, 5) is 0.211. The molecule has 0 amide bonds. The van der Waals surface area contributed by atoms with E-state index in [-0.39, 0.29) is 10.9 Å². The third-order valence-corrected chi connectivity index (χ3v) is 6.94. The number of aryl methyl sites for hydroxylation is 1. The van der Waals surface area contributed by atoms with Gasteiger partial charge in [0.05, 0.1) is 17.8 Å². The number of nitrogens with zero attached hydrogens (tertiary/aromatic N) is 4. The summed E-state index contributed by atoms with van der Waals surface area (Å²) in [5.41, 5.74) is 1.73. The molecule has 0 bridgehead atoms. The molecule has 0 radical (unpaired) electrons. The van der Waals surface area contributed by atoms with Gasteiger partial charge in [0.2, 0.25) is 10.0 Å². The number of hydrogen-bond donors (Lipinski definition) is 0. The zero-order chi connectivity index (χ0) is 17.4. The van der Waals surface area contributed by atoms with Gasteiger partial charge in [0.25, 0.3) is 0 Å². The minimum absolute atomic E-state index is 0.211. The molecule has 1 atom stereocenters. The number of rotatable bonds is 5. The minimum atomic E-state index is -3.68. The maximum absolute atomic E-state index is 13.3. The van der Waals surface area contributed by atoms with E-state index in [9.17, 15) is 8.42 Å². The van der Waals surface area contributed by atoms with Gasteiger partial charge >= 0.3 is 0 Å². The van der Waals surface area contributed by atoms with Gasteiger partial charge in [-0.3, -0.25) is 0 Å². The second-order valence-electron chi connectivity index (χ2n) is 6.13. The Labute approximate surface area is 150 Å². The lowest BCUT2D eigenvalue weighted by Crippen LogP contribution is -2.31. The lowest BCUT2D eigenvalue weighted by molar-refractivity contribution is 0.343. The first kappa shape index (κ1) is 16.6. The normalized spacial score (nSPS) is 19.0. The molecule has 1 fully saturated rings. The van der Waals surface area contributed by atoms with E-state index in [1.807, 2.05) is 6.07 Å². The monoisotopic (exact) mass is 378 g/mol. The van der Waals surface area contributed by atoms with Crippen LogP contribution in [0.2, 0.25) is 0 Å². The Morgan fingerprint density at radius 1 is 1.36 bits per heavy atom. The van der Waals surface area contributed by atoms with Gasteiger partial charge in [-0.2, -0.15) is 13.1 Å². The van der Waals surface area contributed by atoms with E-state index in [1.54, 1.807) is 18.2 Å². The molecular formula is C16H18N4O3S2. The van der Waals surface area contributed by atoms with Crippen LogP contribution in [-0.4, -0.2) is 33.2 Å². The van der Waals surface area contributed by atoms with E-state index >= 15 is 0 Å². The molecule has 7 nitrogen and oxygen atoms in total. The van der Waals surface area contributed by atoms with Crippen molar-refractivity contribution >= 4 is 32.8 Å². The van der Waals surface area contributed by atoms with Gasteiger partial charge in [-0.05, 0) is 31.4 Å². The highest BCUT2D eigenvalue weighted by molar-refractivity contribution is 7.89. The number of aromatic nitrogens is 3. The van der Waals surface area contributed by atoms with Crippen molar-refractivity contribution in [3.8, 4) is 0 Å². The summed E-state index contributed by atoms with van der Waals surface area (Å²) in [6, 6.07) is 6.67. The summed E-state index contributed by atoms with van der Waals surface area (Å²) >= 11 is 1.02. The van der Waals surface area contributed by atoms with Crippen molar-refractivity contribution in [1.82, 2.24) is 18.2 Å². The van der Waals surface area contributed by atoms with E-state index in [2.05, 4.69) is 20.8 Å². The van der Waals surface area contributed by atoms with Gasteiger partial charge in [-0.15, -0.1) is 0 Å². The smallest absolute Gasteiger partial charge is 0.245 e. The van der Waals surface area contributed by atoms with Gasteiger partial charge in [0.15, 0.2) is 0 Å². The van der Waals surface area contributed by atoms with Gasteiger partial charge in [0, 0.05) is 19.0 Å². The molecule has 1 unspecified atom stereocenters. The predicted molar refractivity (Wildman–Crippen MR) is 93.8 cm³/mol. The van der Waals surface area contributed by atoms with Gasteiger partial charge in [-0.25, -0.2) is 8.42 Å². The molecule has 1 aromatic carbocycles. The number of benzene rings is 1. The fourth-order valence-electron chi connectivity index (χ4n) is 3.29. The molecule has 1 saturated heterocycles. The van der Waals surface area contributed by atoms with Crippen LogP contribution in [0.15, 0.2) is 33.7 Å². The number of hydrogen-bond acceptors (Lipinski definition) is 7. The summed E-state index contributed by atoms with van der Waals surface area (Å²) in [5, 5.41) is 4.12. The van der Waals surface area contributed by atoms with Crippen LogP contribution in [-0.2, 0) is 16.4 Å². The molecular weight excluding hydrogens is 360 g/mol. The van der Waals surface area contributed by atoms with E-state index in [1.165, 1.54) is 4.31 Å². The molecule has 4 rings (SSSR count). The standard InChI is InChI=1S/C16H18N4O3S2/c1-2-5-11-10-13(17-23-11)14-7-4-9-20(14)25(21,22)15-8-3-6-12-16(15)19-24-18-12/h3,6,8,10,14H,2,4-5,7,9H2,1H3. The molecule has 2 aromatic heterocycles. The molecule has 3 heterocycles. The SMILES string of the molecule is CCCc1cc(C2CCCN2S(=O)(=O)c2cccc3nsnc23)no1. The van der Waals surface area contributed by atoms with Crippen LogP contribution in [0.5, 0.6) is 0 Å². The number of sulfonamides is 1. The third-order valence-electron chi connectivity index (χ3n) is 4.45. The lowest BCUT2D eigenvalue weighted by atomic mass is 10.1. The Bertz CT molecular complexity index is 996. The average Bonchev–Trinajstić information content (AvgIpc) is 3.33. The van der Waals surface area contributed by atoms with Crippen LogP contribution in [0.25, 0.3) is 11.0 Å². The highest BCUT2D eigenvalue weighted by atomic mass is 32.2. The first-order chi connectivity index (χ1) is 12.1. The van der Waals surface area contributed by atoms with Crippen molar-refractivity contribution in [3.63, 3.8) is 0 Å². The van der Waals surface area contributed by atoms with Crippen molar-refractivity contribution in [2.45, 2.75) is 43.5 Å². The quantitative estimate of drug-likeness (QED) is 0.677. The van der Waals surface area contributed by atoms with Crippen molar-refractivity contribution in [2.75, 3.05) is 6.54 Å². The lowest BCUT2D eigenvalue weighted by Gasteiger charge is -2.22. The van der Waals surface area contributed by atoms with Gasteiger partial charge in [-0.1, -0.05) is 18.1 Å². The van der Waals surface area contributed by atoms with Crippen molar-refractivity contribution < 1.29 is 12.9 Å². The second kappa shape index (κ2) is 6.47. The summed E-state index contributed by atoms with van der Waals surface area (Å²) in [6.45, 7) is 2.54. The zero-order valence-electron chi connectivity index (χ0n) is 13.8. The van der Waals surface area contributed by atoms with E-state index in [0.29, 0.717) is 23.3 Å². The fraction of sp³-hybridized carbons (Fsp3) is 0.438. The molecule has 0 saturated carbocycles. The predicted octanol–water partition coefficient (Wildman–Crippen LogP) is 3.16.